The summed E-state index contributed by atoms with van der Waals surface area (Å²) >= 11 is 0. The Morgan fingerprint density at radius 3 is 2.57 bits per heavy atom. The van der Waals surface area contributed by atoms with E-state index in [0.717, 1.165) is 12.5 Å². The number of anilines is 2. The summed E-state index contributed by atoms with van der Waals surface area (Å²) in [7, 11) is 0. The van der Waals surface area contributed by atoms with E-state index in [-0.39, 0.29) is 18.6 Å². The number of rotatable bonds is 5. The summed E-state index contributed by atoms with van der Waals surface area (Å²) in [5.74, 6) is -1.33. The third kappa shape index (κ3) is 4.76. The molecule has 2 aromatic rings. The Balaban J connectivity index is 1.74. The minimum atomic E-state index is -0.666. The van der Waals surface area contributed by atoms with Gasteiger partial charge in [0.1, 0.15) is 11.6 Å². The zero-order chi connectivity index (χ0) is 20.1. The van der Waals surface area contributed by atoms with E-state index < -0.39 is 11.6 Å². The predicted octanol–water partition coefficient (Wildman–Crippen LogP) is 3.94. The molecule has 2 N–H and O–H groups in total. The van der Waals surface area contributed by atoms with Gasteiger partial charge in [-0.2, -0.15) is 0 Å². The predicted molar refractivity (Wildman–Crippen MR) is 103 cm³/mol. The SMILES string of the molecule is CCNC(=O)Nc1cccc(N2CCCN(Cc3cc(F)cc(F)c3)C2=O)c1. The number of halogens is 2. The summed E-state index contributed by atoms with van der Waals surface area (Å²) in [4.78, 5) is 27.8. The van der Waals surface area contributed by atoms with Gasteiger partial charge in [-0.05, 0) is 49.2 Å². The van der Waals surface area contributed by atoms with Crippen molar-refractivity contribution < 1.29 is 18.4 Å². The van der Waals surface area contributed by atoms with Crippen LogP contribution in [0, 0.1) is 11.6 Å². The molecule has 0 aliphatic carbocycles. The fourth-order valence-corrected chi connectivity index (χ4v) is 3.18. The molecule has 0 radical (unpaired) electrons. The second kappa shape index (κ2) is 8.69. The number of nitrogens with one attached hydrogen (secondary N) is 2. The quantitative estimate of drug-likeness (QED) is 0.815. The Bertz CT molecular complexity index is 855. The van der Waals surface area contributed by atoms with Crippen molar-refractivity contribution in [3.63, 3.8) is 0 Å². The van der Waals surface area contributed by atoms with Crippen molar-refractivity contribution in [3.8, 4) is 0 Å². The fraction of sp³-hybridized carbons (Fsp3) is 0.300. The molecule has 0 saturated carbocycles. The Morgan fingerprint density at radius 1 is 1.11 bits per heavy atom. The van der Waals surface area contributed by atoms with Gasteiger partial charge < -0.3 is 15.5 Å². The van der Waals surface area contributed by atoms with E-state index in [2.05, 4.69) is 10.6 Å². The number of urea groups is 2. The highest BCUT2D eigenvalue weighted by molar-refractivity contribution is 5.94. The molecule has 1 saturated heterocycles. The molecule has 0 bridgehead atoms. The zero-order valence-electron chi connectivity index (χ0n) is 15.5. The maximum Gasteiger partial charge on any atom is 0.324 e. The van der Waals surface area contributed by atoms with E-state index in [4.69, 9.17) is 0 Å². The van der Waals surface area contributed by atoms with Crippen molar-refractivity contribution in [2.45, 2.75) is 19.9 Å². The van der Waals surface area contributed by atoms with Crippen molar-refractivity contribution in [2.24, 2.45) is 0 Å². The molecular formula is C20H22F2N4O2. The van der Waals surface area contributed by atoms with Gasteiger partial charge >= 0.3 is 12.1 Å². The molecule has 8 heteroatoms. The van der Waals surface area contributed by atoms with Gasteiger partial charge in [-0.25, -0.2) is 18.4 Å². The maximum absolute atomic E-state index is 13.4. The minimum Gasteiger partial charge on any atom is -0.338 e. The van der Waals surface area contributed by atoms with Crippen LogP contribution in [0.15, 0.2) is 42.5 Å². The molecule has 0 aromatic heterocycles. The highest BCUT2D eigenvalue weighted by Crippen LogP contribution is 2.24. The number of nitrogens with zero attached hydrogens (tertiary/aromatic N) is 2. The van der Waals surface area contributed by atoms with Crippen LogP contribution in [0.3, 0.4) is 0 Å². The zero-order valence-corrected chi connectivity index (χ0v) is 15.5. The molecule has 3 rings (SSSR count). The van der Waals surface area contributed by atoms with Crippen LogP contribution in [0.1, 0.15) is 18.9 Å². The van der Waals surface area contributed by atoms with Crippen LogP contribution < -0.4 is 15.5 Å². The van der Waals surface area contributed by atoms with Gasteiger partial charge in [0.2, 0.25) is 0 Å². The molecule has 0 unspecified atom stereocenters. The summed E-state index contributed by atoms with van der Waals surface area (Å²) in [6.45, 7) is 3.48. The van der Waals surface area contributed by atoms with Crippen LogP contribution in [0.5, 0.6) is 0 Å². The first-order valence-corrected chi connectivity index (χ1v) is 9.12. The lowest BCUT2D eigenvalue weighted by molar-refractivity contribution is 0.192. The van der Waals surface area contributed by atoms with Gasteiger partial charge in [0.05, 0.1) is 0 Å². The number of carbonyl (C=O) groups excluding carboxylic acids is 2. The standard InChI is InChI=1S/C20H22F2N4O2/c1-2-23-19(27)24-17-5-3-6-18(12-17)26-8-4-7-25(20(26)28)13-14-9-15(21)11-16(22)10-14/h3,5-6,9-12H,2,4,7-8,13H2,1H3,(H2,23,24,27). The van der Waals surface area contributed by atoms with Crippen LogP contribution in [-0.2, 0) is 6.54 Å². The molecule has 4 amide bonds. The lowest BCUT2D eigenvalue weighted by Crippen LogP contribution is -2.49. The summed E-state index contributed by atoms with van der Waals surface area (Å²) in [5.41, 5.74) is 1.62. The van der Waals surface area contributed by atoms with Crippen molar-refractivity contribution in [2.75, 3.05) is 29.9 Å². The van der Waals surface area contributed by atoms with Crippen molar-refractivity contribution in [3.05, 3.63) is 59.7 Å². The number of amides is 4. The number of carbonyl (C=O) groups is 2. The first-order valence-electron chi connectivity index (χ1n) is 9.12. The molecule has 0 atom stereocenters. The van der Waals surface area contributed by atoms with E-state index in [9.17, 15) is 18.4 Å². The normalized spacial score (nSPS) is 14.2. The van der Waals surface area contributed by atoms with E-state index in [1.807, 2.05) is 6.92 Å². The Kier molecular flexibility index (Phi) is 6.08. The molecule has 0 spiro atoms. The molecule has 148 valence electrons. The molecule has 1 aliphatic heterocycles. The summed E-state index contributed by atoms with van der Waals surface area (Å²) < 4.78 is 26.9. The third-order valence-electron chi connectivity index (χ3n) is 4.36. The first-order chi connectivity index (χ1) is 13.5. The van der Waals surface area contributed by atoms with Gasteiger partial charge in [-0.15, -0.1) is 0 Å². The van der Waals surface area contributed by atoms with E-state index >= 15 is 0 Å². The molecule has 1 heterocycles. The number of hydrogen-bond acceptors (Lipinski definition) is 2. The minimum absolute atomic E-state index is 0.126. The molecule has 28 heavy (non-hydrogen) atoms. The smallest absolute Gasteiger partial charge is 0.324 e. The Labute approximate surface area is 162 Å². The molecular weight excluding hydrogens is 366 g/mol. The van der Waals surface area contributed by atoms with Gasteiger partial charge in [-0.3, -0.25) is 4.90 Å². The highest BCUT2D eigenvalue weighted by Gasteiger charge is 2.27. The van der Waals surface area contributed by atoms with Gasteiger partial charge in [0.25, 0.3) is 0 Å². The molecule has 1 fully saturated rings. The molecule has 1 aliphatic rings. The van der Waals surface area contributed by atoms with Crippen LogP contribution in [0.4, 0.5) is 29.7 Å². The average molecular weight is 388 g/mol. The lowest BCUT2D eigenvalue weighted by atomic mass is 10.1. The summed E-state index contributed by atoms with van der Waals surface area (Å²) in [6, 6.07) is 9.70. The van der Waals surface area contributed by atoms with Gasteiger partial charge in [0, 0.05) is 43.6 Å². The van der Waals surface area contributed by atoms with Crippen LogP contribution in [-0.4, -0.2) is 36.6 Å². The van der Waals surface area contributed by atoms with Gasteiger partial charge in [-0.1, -0.05) is 6.07 Å². The topological polar surface area (TPSA) is 64.7 Å². The third-order valence-corrected chi connectivity index (χ3v) is 4.36. The number of benzene rings is 2. The van der Waals surface area contributed by atoms with Crippen molar-refractivity contribution in [1.29, 1.82) is 0 Å². The van der Waals surface area contributed by atoms with Crippen LogP contribution in [0.2, 0.25) is 0 Å². The van der Waals surface area contributed by atoms with E-state index in [0.29, 0.717) is 36.6 Å². The Hall–Kier alpha value is -3.16. The van der Waals surface area contributed by atoms with Crippen molar-refractivity contribution in [1.82, 2.24) is 10.2 Å². The van der Waals surface area contributed by atoms with Gasteiger partial charge in [0.15, 0.2) is 0 Å². The summed E-state index contributed by atoms with van der Waals surface area (Å²) in [6.07, 6.45) is 0.720. The van der Waals surface area contributed by atoms with Crippen LogP contribution >= 0.6 is 0 Å². The number of hydrogen-bond donors (Lipinski definition) is 2. The molecule has 2 aromatic carbocycles. The lowest BCUT2D eigenvalue weighted by Gasteiger charge is -2.36. The van der Waals surface area contributed by atoms with E-state index in [1.165, 1.54) is 12.1 Å². The second-order valence-electron chi connectivity index (χ2n) is 6.52. The molecule has 6 nitrogen and oxygen atoms in total. The first kappa shape index (κ1) is 19.6. The van der Waals surface area contributed by atoms with Crippen LogP contribution in [0.25, 0.3) is 0 Å². The highest BCUT2D eigenvalue weighted by atomic mass is 19.1. The fourth-order valence-electron chi connectivity index (χ4n) is 3.18. The maximum atomic E-state index is 13.4. The largest absolute Gasteiger partial charge is 0.338 e. The summed E-state index contributed by atoms with van der Waals surface area (Å²) in [5, 5.41) is 5.36. The monoisotopic (exact) mass is 388 g/mol. The van der Waals surface area contributed by atoms with Crippen molar-refractivity contribution >= 4 is 23.4 Å². The second-order valence-corrected chi connectivity index (χ2v) is 6.52. The van der Waals surface area contributed by atoms with E-state index in [1.54, 1.807) is 34.1 Å². The Morgan fingerprint density at radius 2 is 1.86 bits per heavy atom. The average Bonchev–Trinajstić information content (AvgIpc) is 2.63.